The first-order chi connectivity index (χ1) is 5.69. The van der Waals surface area contributed by atoms with E-state index in [0.717, 1.165) is 6.42 Å². The van der Waals surface area contributed by atoms with Crippen molar-refractivity contribution in [1.82, 2.24) is 5.32 Å². The van der Waals surface area contributed by atoms with E-state index in [1.165, 1.54) is 0 Å². The Kier molecular flexibility index (Phi) is 4.07. The number of hydrogen-bond donors (Lipinski definition) is 2. The van der Waals surface area contributed by atoms with Crippen LogP contribution in [0, 0.1) is 0 Å². The van der Waals surface area contributed by atoms with Crippen LogP contribution >= 0.6 is 0 Å². The molecule has 0 bridgehead atoms. The molecule has 13 heavy (non-hydrogen) atoms. The van der Waals surface area contributed by atoms with Gasteiger partial charge in [-0.1, -0.05) is 0 Å². The molecule has 78 valence electrons. The molecule has 0 heterocycles. The van der Waals surface area contributed by atoms with Gasteiger partial charge in [0.2, 0.25) is 0 Å². The van der Waals surface area contributed by atoms with Crippen LogP contribution in [-0.2, 0) is 4.79 Å². The molecule has 3 heteroatoms. The minimum Gasteiger partial charge on any atom is -0.319 e. The predicted molar refractivity (Wildman–Crippen MR) is 55.6 cm³/mol. The lowest BCUT2D eigenvalue weighted by Crippen LogP contribution is -2.43. The Labute approximate surface area is 81.1 Å². The van der Waals surface area contributed by atoms with E-state index in [1.54, 1.807) is 13.8 Å². The molecule has 0 saturated carbocycles. The Morgan fingerprint density at radius 3 is 2.08 bits per heavy atom. The van der Waals surface area contributed by atoms with Gasteiger partial charge in [-0.05, 0) is 41.2 Å². The summed E-state index contributed by atoms with van der Waals surface area (Å²) >= 11 is 0. The van der Waals surface area contributed by atoms with Crippen LogP contribution in [0.5, 0.6) is 0 Å². The van der Waals surface area contributed by atoms with Gasteiger partial charge >= 0.3 is 0 Å². The fraction of sp³-hybridized carbons (Fsp3) is 0.900. The molecule has 0 rings (SSSR count). The lowest BCUT2D eigenvalue weighted by Gasteiger charge is -2.25. The molecule has 0 saturated heterocycles. The van der Waals surface area contributed by atoms with Crippen molar-refractivity contribution in [3.63, 3.8) is 0 Å². The average molecular weight is 186 g/mol. The number of rotatable bonds is 5. The summed E-state index contributed by atoms with van der Waals surface area (Å²) in [5, 5.41) is 3.16. The number of nitrogens with two attached hydrogens (primary N) is 1. The van der Waals surface area contributed by atoms with Gasteiger partial charge in [-0.25, -0.2) is 0 Å². The number of hydrogen-bond acceptors (Lipinski definition) is 3. The minimum absolute atomic E-state index is 0.0148. The summed E-state index contributed by atoms with van der Waals surface area (Å²) in [5.74, 6) is 0.121. The third-order valence-corrected chi connectivity index (χ3v) is 2.37. The summed E-state index contributed by atoms with van der Waals surface area (Å²) in [5.41, 5.74) is 5.00. The molecule has 0 aliphatic heterocycles. The molecular weight excluding hydrogens is 164 g/mol. The Balaban J connectivity index is 3.98. The van der Waals surface area contributed by atoms with Crippen LogP contribution in [0.3, 0.4) is 0 Å². The number of Topliss-reactive ketones (excluding diaryl/α,β-unsaturated/α-hetero) is 1. The van der Waals surface area contributed by atoms with Crippen molar-refractivity contribution >= 4 is 5.78 Å². The Hall–Kier alpha value is -0.410. The second-order valence-electron chi connectivity index (χ2n) is 4.78. The van der Waals surface area contributed by atoms with E-state index in [9.17, 15) is 4.79 Å². The first kappa shape index (κ1) is 12.6. The molecule has 0 amide bonds. The Morgan fingerprint density at radius 2 is 1.77 bits per heavy atom. The highest BCUT2D eigenvalue weighted by Crippen LogP contribution is 2.13. The van der Waals surface area contributed by atoms with E-state index in [-0.39, 0.29) is 11.3 Å². The normalized spacial score (nSPS) is 13.1. The van der Waals surface area contributed by atoms with Gasteiger partial charge in [-0.2, -0.15) is 0 Å². The number of ketones is 1. The summed E-state index contributed by atoms with van der Waals surface area (Å²) in [6.45, 7) is 7.65. The highest BCUT2D eigenvalue weighted by Gasteiger charge is 2.24. The van der Waals surface area contributed by atoms with Crippen LogP contribution in [0.25, 0.3) is 0 Å². The third kappa shape index (κ3) is 5.01. The van der Waals surface area contributed by atoms with Crippen molar-refractivity contribution in [2.24, 2.45) is 5.73 Å². The predicted octanol–water partition coefficient (Wildman–Crippen LogP) is 1.07. The van der Waals surface area contributed by atoms with Gasteiger partial charge in [0.05, 0.1) is 5.54 Å². The van der Waals surface area contributed by atoms with Crippen LogP contribution in [0.15, 0.2) is 0 Å². The quantitative estimate of drug-likeness (QED) is 0.675. The Bertz CT molecular complexity index is 180. The van der Waals surface area contributed by atoms with Crippen LogP contribution in [0.2, 0.25) is 0 Å². The third-order valence-electron chi connectivity index (χ3n) is 2.37. The van der Waals surface area contributed by atoms with Crippen LogP contribution in [0.4, 0.5) is 0 Å². The molecule has 0 atom stereocenters. The molecule has 3 nitrogen and oxygen atoms in total. The summed E-state index contributed by atoms with van der Waals surface area (Å²) in [7, 11) is 1.90. The fourth-order valence-corrected chi connectivity index (χ4v) is 0.873. The van der Waals surface area contributed by atoms with E-state index < -0.39 is 5.54 Å². The molecule has 0 unspecified atom stereocenters. The van der Waals surface area contributed by atoms with Crippen LogP contribution in [0.1, 0.15) is 40.5 Å². The highest BCUT2D eigenvalue weighted by atomic mass is 16.1. The Morgan fingerprint density at radius 1 is 1.31 bits per heavy atom. The van der Waals surface area contributed by atoms with Crippen molar-refractivity contribution in [2.45, 2.75) is 51.6 Å². The van der Waals surface area contributed by atoms with Gasteiger partial charge in [0.1, 0.15) is 0 Å². The van der Waals surface area contributed by atoms with E-state index >= 15 is 0 Å². The lowest BCUT2D eigenvalue weighted by molar-refractivity contribution is -0.123. The second-order valence-corrected chi connectivity index (χ2v) is 4.78. The summed E-state index contributed by atoms with van der Waals surface area (Å²) in [6, 6.07) is 0. The monoisotopic (exact) mass is 186 g/mol. The first-order valence-corrected chi connectivity index (χ1v) is 4.70. The van der Waals surface area contributed by atoms with E-state index in [4.69, 9.17) is 5.73 Å². The van der Waals surface area contributed by atoms with Crippen molar-refractivity contribution in [3.8, 4) is 0 Å². The number of carbonyl (C=O) groups is 1. The summed E-state index contributed by atoms with van der Waals surface area (Å²) in [4.78, 5) is 11.5. The second kappa shape index (κ2) is 4.20. The minimum atomic E-state index is -0.691. The average Bonchev–Trinajstić information content (AvgIpc) is 1.98. The molecule has 0 aromatic heterocycles. The first-order valence-electron chi connectivity index (χ1n) is 4.70. The smallest absolute Gasteiger partial charge is 0.152 e. The maximum Gasteiger partial charge on any atom is 0.152 e. The molecule has 0 aromatic carbocycles. The molecule has 0 radical (unpaired) electrons. The van der Waals surface area contributed by atoms with Crippen LogP contribution in [-0.4, -0.2) is 23.9 Å². The molecular formula is C10H22N2O. The summed E-state index contributed by atoms with van der Waals surface area (Å²) in [6.07, 6.45) is 1.36. The number of nitrogens with one attached hydrogen (secondary N) is 1. The standard InChI is InChI=1S/C10H22N2O/c1-9(2,12-5)7-6-8(13)10(3,4)11/h12H,6-7,11H2,1-5H3. The van der Waals surface area contributed by atoms with Gasteiger partial charge in [-0.3, -0.25) is 4.79 Å². The lowest BCUT2D eigenvalue weighted by atomic mass is 9.91. The zero-order valence-electron chi connectivity index (χ0n) is 9.40. The number of carbonyl (C=O) groups excluding carboxylic acids is 1. The van der Waals surface area contributed by atoms with Gasteiger partial charge in [0.15, 0.2) is 5.78 Å². The zero-order chi connectivity index (χ0) is 10.7. The SMILES string of the molecule is CNC(C)(C)CCC(=O)C(C)(C)N. The van der Waals surface area contributed by atoms with Crippen molar-refractivity contribution < 1.29 is 4.79 Å². The molecule has 0 aliphatic carbocycles. The molecule has 0 fully saturated rings. The van der Waals surface area contributed by atoms with Crippen molar-refractivity contribution in [2.75, 3.05) is 7.05 Å². The van der Waals surface area contributed by atoms with Gasteiger partial charge in [-0.15, -0.1) is 0 Å². The van der Waals surface area contributed by atoms with Crippen molar-refractivity contribution in [3.05, 3.63) is 0 Å². The highest BCUT2D eigenvalue weighted by molar-refractivity contribution is 5.87. The molecule has 0 spiro atoms. The largest absolute Gasteiger partial charge is 0.319 e. The zero-order valence-corrected chi connectivity index (χ0v) is 9.40. The topological polar surface area (TPSA) is 55.1 Å². The van der Waals surface area contributed by atoms with E-state index in [2.05, 4.69) is 19.2 Å². The van der Waals surface area contributed by atoms with Gasteiger partial charge < -0.3 is 11.1 Å². The van der Waals surface area contributed by atoms with E-state index in [0.29, 0.717) is 6.42 Å². The fourth-order valence-electron chi connectivity index (χ4n) is 0.873. The van der Waals surface area contributed by atoms with Crippen LogP contribution < -0.4 is 11.1 Å². The molecule has 3 N–H and O–H groups in total. The maximum absolute atomic E-state index is 11.5. The summed E-state index contributed by atoms with van der Waals surface area (Å²) < 4.78 is 0. The molecule has 0 aliphatic rings. The van der Waals surface area contributed by atoms with Gasteiger partial charge in [0, 0.05) is 12.0 Å². The van der Waals surface area contributed by atoms with E-state index in [1.807, 2.05) is 7.05 Å². The van der Waals surface area contributed by atoms with Gasteiger partial charge in [0.25, 0.3) is 0 Å². The molecule has 0 aromatic rings. The van der Waals surface area contributed by atoms with Crippen molar-refractivity contribution in [1.29, 1.82) is 0 Å². The maximum atomic E-state index is 11.5.